The maximum Gasteiger partial charge on any atom is 0.107 e. The lowest BCUT2D eigenvalue weighted by Crippen LogP contribution is -2.48. The average Bonchev–Trinajstić information content (AvgIpc) is 2.30. The molecule has 0 saturated carbocycles. The maximum atomic E-state index is 9.63. The van der Waals surface area contributed by atoms with E-state index >= 15 is 0 Å². The number of aliphatic hydroxyl groups excluding tert-OH is 1. The summed E-state index contributed by atoms with van der Waals surface area (Å²) in [5.74, 6) is 0. The molecule has 0 fully saturated rings. The van der Waals surface area contributed by atoms with Gasteiger partial charge in [-0.15, -0.1) is 0 Å². The van der Waals surface area contributed by atoms with Crippen LogP contribution in [0, 0.1) is 0 Å². The summed E-state index contributed by atoms with van der Waals surface area (Å²) in [7, 11) is 0. The highest BCUT2D eigenvalue weighted by atomic mass is 16.5. The van der Waals surface area contributed by atoms with Gasteiger partial charge in [0.25, 0.3) is 0 Å². The van der Waals surface area contributed by atoms with Crippen molar-refractivity contribution in [2.45, 2.75) is 25.2 Å². The van der Waals surface area contributed by atoms with Crippen LogP contribution in [0.1, 0.15) is 12.5 Å². The van der Waals surface area contributed by atoms with Crippen molar-refractivity contribution in [3.05, 3.63) is 35.9 Å². The molecule has 90 valence electrons. The molecule has 4 heteroatoms. The topological polar surface area (TPSA) is 75.7 Å². The van der Waals surface area contributed by atoms with Crippen LogP contribution in [-0.2, 0) is 11.3 Å². The lowest BCUT2D eigenvalue weighted by atomic mass is 10.0. The SMILES string of the molecule is C[C@](O)(CN)[C@H](O)COCc1ccccc1. The summed E-state index contributed by atoms with van der Waals surface area (Å²) < 4.78 is 5.30. The molecule has 0 aliphatic heterocycles. The molecule has 0 aromatic heterocycles. The Morgan fingerprint density at radius 1 is 1.38 bits per heavy atom. The molecule has 16 heavy (non-hydrogen) atoms. The Bertz CT molecular complexity index is 300. The fraction of sp³-hybridized carbons (Fsp3) is 0.500. The molecular formula is C12H19NO3. The Morgan fingerprint density at radius 2 is 2.00 bits per heavy atom. The molecule has 0 radical (unpaired) electrons. The summed E-state index contributed by atoms with van der Waals surface area (Å²) in [6.45, 7) is 1.98. The minimum Gasteiger partial charge on any atom is -0.388 e. The van der Waals surface area contributed by atoms with Crippen LogP contribution in [0.4, 0.5) is 0 Å². The van der Waals surface area contributed by atoms with Gasteiger partial charge in [0.15, 0.2) is 0 Å². The molecule has 2 atom stereocenters. The third-order valence-electron chi connectivity index (χ3n) is 2.52. The molecule has 0 unspecified atom stereocenters. The van der Waals surface area contributed by atoms with Crippen LogP contribution in [0.3, 0.4) is 0 Å². The molecule has 0 spiro atoms. The maximum absolute atomic E-state index is 9.63. The van der Waals surface area contributed by atoms with Crippen molar-refractivity contribution in [3.63, 3.8) is 0 Å². The highest BCUT2D eigenvalue weighted by molar-refractivity contribution is 5.13. The van der Waals surface area contributed by atoms with E-state index in [1.807, 2.05) is 30.3 Å². The highest BCUT2D eigenvalue weighted by Gasteiger charge is 2.28. The number of benzene rings is 1. The smallest absolute Gasteiger partial charge is 0.107 e. The normalized spacial score (nSPS) is 16.8. The van der Waals surface area contributed by atoms with Crippen molar-refractivity contribution >= 4 is 0 Å². The van der Waals surface area contributed by atoms with E-state index in [-0.39, 0.29) is 13.2 Å². The Balaban J connectivity index is 2.31. The predicted octanol–water partition coefficient (Wildman–Crippen LogP) is 0.274. The van der Waals surface area contributed by atoms with Gasteiger partial charge in [0.2, 0.25) is 0 Å². The van der Waals surface area contributed by atoms with Crippen LogP contribution in [0.25, 0.3) is 0 Å². The third-order valence-corrected chi connectivity index (χ3v) is 2.52. The van der Waals surface area contributed by atoms with Crippen LogP contribution >= 0.6 is 0 Å². The Morgan fingerprint density at radius 3 is 2.56 bits per heavy atom. The van der Waals surface area contributed by atoms with Crippen LogP contribution in [-0.4, -0.2) is 35.1 Å². The van der Waals surface area contributed by atoms with Gasteiger partial charge in [0.1, 0.15) is 11.7 Å². The number of hydrogen-bond acceptors (Lipinski definition) is 4. The van der Waals surface area contributed by atoms with Crippen molar-refractivity contribution < 1.29 is 14.9 Å². The molecule has 4 N–H and O–H groups in total. The molecule has 0 saturated heterocycles. The third kappa shape index (κ3) is 3.90. The average molecular weight is 225 g/mol. The van der Waals surface area contributed by atoms with E-state index in [0.717, 1.165) is 5.56 Å². The van der Waals surface area contributed by atoms with E-state index in [0.29, 0.717) is 6.61 Å². The minimum absolute atomic E-state index is 0.00284. The molecule has 0 amide bonds. The Kier molecular flexibility index (Phi) is 4.89. The predicted molar refractivity (Wildman–Crippen MR) is 61.8 cm³/mol. The van der Waals surface area contributed by atoms with Gasteiger partial charge in [0, 0.05) is 6.54 Å². The second-order valence-corrected chi connectivity index (χ2v) is 4.08. The van der Waals surface area contributed by atoms with Gasteiger partial charge in [-0.2, -0.15) is 0 Å². The number of hydrogen-bond donors (Lipinski definition) is 3. The number of rotatable bonds is 6. The largest absolute Gasteiger partial charge is 0.388 e. The van der Waals surface area contributed by atoms with E-state index in [1.165, 1.54) is 6.92 Å². The first-order valence-electron chi connectivity index (χ1n) is 5.28. The molecule has 4 nitrogen and oxygen atoms in total. The van der Waals surface area contributed by atoms with Gasteiger partial charge in [-0.3, -0.25) is 0 Å². The zero-order valence-corrected chi connectivity index (χ0v) is 9.47. The van der Waals surface area contributed by atoms with Gasteiger partial charge in [-0.1, -0.05) is 30.3 Å². The standard InChI is InChI=1S/C12H19NO3/c1-12(15,9-13)11(14)8-16-7-10-5-3-2-4-6-10/h2-6,11,14-15H,7-9,13H2,1H3/t11-,12+/m1/s1. The summed E-state index contributed by atoms with van der Waals surface area (Å²) >= 11 is 0. The second kappa shape index (κ2) is 5.96. The van der Waals surface area contributed by atoms with Gasteiger partial charge < -0.3 is 20.7 Å². The zero-order valence-electron chi connectivity index (χ0n) is 9.47. The van der Waals surface area contributed by atoms with E-state index in [2.05, 4.69) is 0 Å². The van der Waals surface area contributed by atoms with Crippen molar-refractivity contribution in [2.24, 2.45) is 5.73 Å². The van der Waals surface area contributed by atoms with Crippen LogP contribution in [0.2, 0.25) is 0 Å². The van der Waals surface area contributed by atoms with Gasteiger partial charge >= 0.3 is 0 Å². The van der Waals surface area contributed by atoms with E-state index in [9.17, 15) is 10.2 Å². The molecule has 1 aromatic carbocycles. The number of ether oxygens (including phenoxy) is 1. The van der Waals surface area contributed by atoms with Gasteiger partial charge in [-0.05, 0) is 12.5 Å². The van der Waals surface area contributed by atoms with Crippen molar-refractivity contribution in [1.82, 2.24) is 0 Å². The Labute approximate surface area is 95.7 Å². The fourth-order valence-electron chi connectivity index (χ4n) is 1.18. The highest BCUT2D eigenvalue weighted by Crippen LogP contribution is 2.09. The second-order valence-electron chi connectivity index (χ2n) is 4.08. The quantitative estimate of drug-likeness (QED) is 0.649. The molecule has 0 heterocycles. The monoisotopic (exact) mass is 225 g/mol. The molecule has 0 aliphatic rings. The van der Waals surface area contributed by atoms with Crippen molar-refractivity contribution in [1.29, 1.82) is 0 Å². The van der Waals surface area contributed by atoms with Gasteiger partial charge in [0.05, 0.1) is 13.2 Å². The lowest BCUT2D eigenvalue weighted by Gasteiger charge is -2.27. The van der Waals surface area contributed by atoms with Crippen LogP contribution < -0.4 is 5.73 Å². The fourth-order valence-corrected chi connectivity index (χ4v) is 1.18. The summed E-state index contributed by atoms with van der Waals surface area (Å²) in [5, 5.41) is 19.2. The molecular weight excluding hydrogens is 206 g/mol. The van der Waals surface area contributed by atoms with E-state index < -0.39 is 11.7 Å². The minimum atomic E-state index is -1.29. The molecule has 0 aliphatic carbocycles. The first-order chi connectivity index (χ1) is 7.56. The summed E-state index contributed by atoms with van der Waals surface area (Å²) in [5.41, 5.74) is 5.06. The summed E-state index contributed by atoms with van der Waals surface area (Å²) in [4.78, 5) is 0. The number of aliphatic hydroxyl groups is 2. The first-order valence-corrected chi connectivity index (χ1v) is 5.28. The van der Waals surface area contributed by atoms with Crippen molar-refractivity contribution in [3.8, 4) is 0 Å². The first kappa shape index (κ1) is 13.1. The summed E-state index contributed by atoms with van der Waals surface area (Å²) in [6, 6.07) is 9.65. The van der Waals surface area contributed by atoms with E-state index in [4.69, 9.17) is 10.5 Å². The molecule has 1 aromatic rings. The zero-order chi connectivity index (χ0) is 12.0. The van der Waals surface area contributed by atoms with E-state index in [1.54, 1.807) is 0 Å². The Hall–Kier alpha value is -0.940. The van der Waals surface area contributed by atoms with Gasteiger partial charge in [-0.25, -0.2) is 0 Å². The molecule has 0 bridgehead atoms. The van der Waals surface area contributed by atoms with Crippen LogP contribution in [0.5, 0.6) is 0 Å². The number of nitrogens with two attached hydrogens (primary N) is 1. The molecule has 1 rings (SSSR count). The lowest BCUT2D eigenvalue weighted by molar-refractivity contribution is -0.0933. The summed E-state index contributed by atoms with van der Waals surface area (Å²) in [6.07, 6.45) is -0.971. The van der Waals surface area contributed by atoms with Crippen LogP contribution in [0.15, 0.2) is 30.3 Å². The van der Waals surface area contributed by atoms with Crippen molar-refractivity contribution in [2.75, 3.05) is 13.2 Å².